The van der Waals surface area contributed by atoms with Crippen LogP contribution in [0.3, 0.4) is 0 Å². The van der Waals surface area contributed by atoms with E-state index in [0.717, 1.165) is 18.4 Å². The van der Waals surface area contributed by atoms with Gasteiger partial charge in [0.15, 0.2) is 5.60 Å². The fourth-order valence-corrected chi connectivity index (χ4v) is 2.89. The molecule has 0 aromatic heterocycles. The van der Waals surface area contributed by atoms with Gasteiger partial charge in [0.05, 0.1) is 6.61 Å². The van der Waals surface area contributed by atoms with E-state index in [1.807, 2.05) is 24.3 Å². The summed E-state index contributed by atoms with van der Waals surface area (Å²) in [6.45, 7) is 8.37. The second-order valence-corrected chi connectivity index (χ2v) is 6.73. The monoisotopic (exact) mass is 355 g/mol. The number of carbonyl (C=O) groups excluding carboxylic acids is 1. The summed E-state index contributed by atoms with van der Waals surface area (Å²) in [5.41, 5.74) is 9.60. The highest BCUT2D eigenvalue weighted by atomic mass is 16.6. The van der Waals surface area contributed by atoms with Crippen LogP contribution < -0.4 is 10.5 Å². The molecule has 0 unspecified atom stereocenters. The molecule has 140 valence electrons. The van der Waals surface area contributed by atoms with Gasteiger partial charge >= 0.3 is 5.97 Å². The van der Waals surface area contributed by atoms with E-state index in [9.17, 15) is 4.79 Å². The number of hydrogen-bond donors (Lipinski definition) is 1. The van der Waals surface area contributed by atoms with Crippen molar-refractivity contribution in [2.24, 2.45) is 5.73 Å². The van der Waals surface area contributed by atoms with Crippen molar-refractivity contribution < 1.29 is 14.3 Å². The Bertz CT molecular complexity index is 736. The van der Waals surface area contributed by atoms with Crippen LogP contribution in [0.15, 0.2) is 42.5 Å². The molecular formula is C22H29NO3. The number of rotatable bonds is 8. The maximum absolute atomic E-state index is 12.0. The van der Waals surface area contributed by atoms with E-state index < -0.39 is 5.60 Å². The summed E-state index contributed by atoms with van der Waals surface area (Å²) >= 11 is 0. The molecule has 2 N–H and O–H groups in total. The average Bonchev–Trinajstić information content (AvgIpc) is 2.63. The SMILES string of the molecule is CCOC(=O)C(C)(C)Oc1ccc(-c2ccc(CCN)c(CC)c2)cc1. The Morgan fingerprint density at radius 3 is 2.23 bits per heavy atom. The zero-order valence-corrected chi connectivity index (χ0v) is 16.2. The van der Waals surface area contributed by atoms with Gasteiger partial charge in [-0.25, -0.2) is 4.79 Å². The molecule has 0 spiro atoms. The van der Waals surface area contributed by atoms with E-state index >= 15 is 0 Å². The summed E-state index contributed by atoms with van der Waals surface area (Å²) in [7, 11) is 0. The fourth-order valence-electron chi connectivity index (χ4n) is 2.89. The van der Waals surface area contributed by atoms with E-state index in [1.54, 1.807) is 20.8 Å². The van der Waals surface area contributed by atoms with Crippen LogP contribution in [0.5, 0.6) is 5.75 Å². The number of esters is 1. The number of benzene rings is 2. The molecule has 0 aliphatic rings. The van der Waals surface area contributed by atoms with Gasteiger partial charge in [-0.05, 0) is 74.5 Å². The van der Waals surface area contributed by atoms with Crippen molar-refractivity contribution in [2.75, 3.05) is 13.2 Å². The van der Waals surface area contributed by atoms with Crippen molar-refractivity contribution in [1.82, 2.24) is 0 Å². The third-order valence-corrected chi connectivity index (χ3v) is 4.33. The lowest BCUT2D eigenvalue weighted by molar-refractivity contribution is -0.158. The van der Waals surface area contributed by atoms with Gasteiger partial charge in [0.25, 0.3) is 0 Å². The van der Waals surface area contributed by atoms with Gasteiger partial charge in [0.1, 0.15) is 5.75 Å². The van der Waals surface area contributed by atoms with Crippen molar-refractivity contribution in [3.63, 3.8) is 0 Å². The summed E-state index contributed by atoms with van der Waals surface area (Å²) < 4.78 is 10.9. The van der Waals surface area contributed by atoms with Crippen LogP contribution in [0, 0.1) is 0 Å². The average molecular weight is 355 g/mol. The first kappa shape index (κ1) is 20.0. The molecule has 0 amide bonds. The summed E-state index contributed by atoms with van der Waals surface area (Å²) in [6, 6.07) is 14.3. The molecule has 2 aromatic rings. The smallest absolute Gasteiger partial charge is 0.349 e. The molecule has 0 saturated heterocycles. The van der Waals surface area contributed by atoms with Crippen molar-refractivity contribution in [3.05, 3.63) is 53.6 Å². The fraction of sp³-hybridized carbons (Fsp3) is 0.409. The molecule has 0 saturated carbocycles. The molecule has 4 heteroatoms. The first-order chi connectivity index (χ1) is 12.4. The quantitative estimate of drug-likeness (QED) is 0.723. The normalized spacial score (nSPS) is 11.3. The van der Waals surface area contributed by atoms with Crippen LogP contribution in [0.25, 0.3) is 11.1 Å². The minimum absolute atomic E-state index is 0.338. The van der Waals surface area contributed by atoms with Gasteiger partial charge in [-0.2, -0.15) is 0 Å². The standard InChI is InChI=1S/C22H29NO3/c1-5-16-15-19(8-7-18(16)13-14-23)17-9-11-20(12-10-17)26-22(3,4)21(24)25-6-2/h7-12,15H,5-6,13-14,23H2,1-4H3. The second kappa shape index (κ2) is 8.86. The zero-order chi connectivity index (χ0) is 19.2. The van der Waals surface area contributed by atoms with E-state index in [4.69, 9.17) is 15.2 Å². The molecular weight excluding hydrogens is 326 g/mol. The third kappa shape index (κ3) is 4.85. The molecule has 0 aliphatic carbocycles. The van der Waals surface area contributed by atoms with Gasteiger partial charge in [0.2, 0.25) is 0 Å². The number of nitrogens with two attached hydrogens (primary N) is 1. The largest absolute Gasteiger partial charge is 0.476 e. The first-order valence-corrected chi connectivity index (χ1v) is 9.19. The molecule has 0 bridgehead atoms. The minimum Gasteiger partial charge on any atom is -0.476 e. The number of hydrogen-bond acceptors (Lipinski definition) is 4. The topological polar surface area (TPSA) is 61.5 Å². The van der Waals surface area contributed by atoms with E-state index in [0.29, 0.717) is 18.9 Å². The minimum atomic E-state index is -1.02. The second-order valence-electron chi connectivity index (χ2n) is 6.73. The molecule has 4 nitrogen and oxygen atoms in total. The molecule has 2 aromatic carbocycles. The van der Waals surface area contributed by atoms with Crippen molar-refractivity contribution in [3.8, 4) is 16.9 Å². The first-order valence-electron chi connectivity index (χ1n) is 9.19. The Morgan fingerprint density at radius 1 is 1.00 bits per heavy atom. The van der Waals surface area contributed by atoms with Crippen molar-refractivity contribution in [1.29, 1.82) is 0 Å². The Labute approximate surface area is 156 Å². The van der Waals surface area contributed by atoms with Gasteiger partial charge in [-0.1, -0.05) is 37.3 Å². The summed E-state index contributed by atoms with van der Waals surface area (Å²) in [4.78, 5) is 12.0. The molecule has 2 rings (SSSR count). The van der Waals surface area contributed by atoms with Crippen molar-refractivity contribution >= 4 is 5.97 Å². The molecule has 0 radical (unpaired) electrons. The Balaban J connectivity index is 2.18. The van der Waals surface area contributed by atoms with Crippen LogP contribution in [0.4, 0.5) is 0 Å². The lowest BCUT2D eigenvalue weighted by Crippen LogP contribution is -2.39. The highest BCUT2D eigenvalue weighted by Gasteiger charge is 2.31. The Hall–Kier alpha value is -2.33. The van der Waals surface area contributed by atoms with E-state index in [2.05, 4.69) is 25.1 Å². The lowest BCUT2D eigenvalue weighted by atomic mass is 9.96. The maximum Gasteiger partial charge on any atom is 0.349 e. The molecule has 0 atom stereocenters. The van der Waals surface area contributed by atoms with Crippen LogP contribution in [0.2, 0.25) is 0 Å². The highest BCUT2D eigenvalue weighted by molar-refractivity contribution is 5.79. The lowest BCUT2D eigenvalue weighted by Gasteiger charge is -2.24. The molecule has 26 heavy (non-hydrogen) atoms. The third-order valence-electron chi connectivity index (χ3n) is 4.33. The zero-order valence-electron chi connectivity index (χ0n) is 16.2. The van der Waals surface area contributed by atoms with Gasteiger partial charge < -0.3 is 15.2 Å². The number of ether oxygens (including phenoxy) is 2. The summed E-state index contributed by atoms with van der Waals surface area (Å²) in [5, 5.41) is 0. The molecule has 0 aliphatic heterocycles. The Morgan fingerprint density at radius 2 is 1.65 bits per heavy atom. The van der Waals surface area contributed by atoms with E-state index in [-0.39, 0.29) is 5.97 Å². The predicted molar refractivity (Wildman–Crippen MR) is 105 cm³/mol. The number of aryl methyl sites for hydroxylation is 1. The van der Waals surface area contributed by atoms with Crippen LogP contribution in [-0.2, 0) is 22.4 Å². The number of carbonyl (C=O) groups is 1. The van der Waals surface area contributed by atoms with Crippen LogP contribution >= 0.6 is 0 Å². The van der Waals surface area contributed by atoms with Crippen LogP contribution in [0.1, 0.15) is 38.8 Å². The molecule has 0 heterocycles. The maximum atomic E-state index is 12.0. The van der Waals surface area contributed by atoms with Crippen molar-refractivity contribution in [2.45, 2.75) is 46.1 Å². The van der Waals surface area contributed by atoms with Gasteiger partial charge in [0, 0.05) is 0 Å². The molecule has 0 fully saturated rings. The van der Waals surface area contributed by atoms with Gasteiger partial charge in [-0.15, -0.1) is 0 Å². The predicted octanol–water partition coefficient (Wildman–Crippen LogP) is 4.14. The highest BCUT2D eigenvalue weighted by Crippen LogP contribution is 2.27. The van der Waals surface area contributed by atoms with E-state index in [1.165, 1.54) is 16.7 Å². The summed E-state index contributed by atoms with van der Waals surface area (Å²) in [6.07, 6.45) is 1.89. The summed E-state index contributed by atoms with van der Waals surface area (Å²) in [5.74, 6) is 0.273. The van der Waals surface area contributed by atoms with Crippen LogP contribution in [-0.4, -0.2) is 24.7 Å². The van der Waals surface area contributed by atoms with Gasteiger partial charge in [-0.3, -0.25) is 0 Å². The Kier molecular flexibility index (Phi) is 6.81.